The highest BCUT2D eigenvalue weighted by atomic mass is 16.5. The van der Waals surface area contributed by atoms with Gasteiger partial charge >= 0.3 is 5.97 Å². The second-order valence-corrected chi connectivity index (χ2v) is 4.03. The number of esters is 1. The van der Waals surface area contributed by atoms with E-state index in [9.17, 15) is 4.79 Å². The molecule has 1 heterocycles. The first kappa shape index (κ1) is 13.5. The molecule has 0 saturated heterocycles. The van der Waals surface area contributed by atoms with Crippen molar-refractivity contribution in [3.8, 4) is 0 Å². The molecule has 0 aliphatic rings. The second-order valence-electron chi connectivity index (χ2n) is 4.03. The average Bonchev–Trinajstić information content (AvgIpc) is 2.60. The van der Waals surface area contributed by atoms with Crippen LogP contribution in [0.15, 0.2) is 0 Å². The van der Waals surface area contributed by atoms with Gasteiger partial charge in [0.05, 0.1) is 11.4 Å². The molecule has 0 atom stereocenters. The molecule has 0 aliphatic heterocycles. The Balaban J connectivity index is 2.92. The molecule has 2 N–H and O–H groups in total. The van der Waals surface area contributed by atoms with E-state index in [1.165, 1.54) is 4.68 Å². The van der Waals surface area contributed by atoms with Crippen LogP contribution in [0, 0.1) is 0 Å². The maximum absolute atomic E-state index is 12.0. The number of ether oxygens (including phenoxy) is 1. The number of aromatic nitrogens is 2. The van der Waals surface area contributed by atoms with Gasteiger partial charge in [-0.15, -0.1) is 0 Å². The van der Waals surface area contributed by atoms with Crippen molar-refractivity contribution in [2.75, 3.05) is 5.73 Å². The van der Waals surface area contributed by atoms with E-state index in [1.807, 2.05) is 20.8 Å². The monoisotopic (exact) mass is 239 g/mol. The van der Waals surface area contributed by atoms with Crippen molar-refractivity contribution in [3.63, 3.8) is 0 Å². The van der Waals surface area contributed by atoms with Gasteiger partial charge in [-0.1, -0.05) is 20.8 Å². The van der Waals surface area contributed by atoms with Gasteiger partial charge in [0.15, 0.2) is 5.69 Å². The van der Waals surface area contributed by atoms with E-state index in [4.69, 9.17) is 10.5 Å². The number of nitrogens with zero attached hydrogens (tertiary/aromatic N) is 2. The molecule has 0 aliphatic carbocycles. The van der Waals surface area contributed by atoms with Crippen molar-refractivity contribution in [2.45, 2.75) is 46.1 Å². The molecule has 0 amide bonds. The fourth-order valence-corrected chi connectivity index (χ4v) is 1.76. The highest BCUT2D eigenvalue weighted by molar-refractivity contribution is 5.93. The van der Waals surface area contributed by atoms with Crippen LogP contribution in [0.4, 0.5) is 5.69 Å². The Bertz CT molecular complexity index is 395. The summed E-state index contributed by atoms with van der Waals surface area (Å²) in [6.45, 7) is 5.94. The van der Waals surface area contributed by atoms with E-state index in [0.29, 0.717) is 17.8 Å². The number of nitrogen functional groups attached to an aromatic ring is 1. The molecule has 0 fully saturated rings. The summed E-state index contributed by atoms with van der Waals surface area (Å²) >= 11 is 0. The summed E-state index contributed by atoms with van der Waals surface area (Å²) in [6, 6.07) is 0. The largest absolute Gasteiger partial charge is 0.458 e. The molecule has 5 nitrogen and oxygen atoms in total. The minimum absolute atomic E-state index is 0.0538. The summed E-state index contributed by atoms with van der Waals surface area (Å²) in [5.41, 5.74) is 7.42. The van der Waals surface area contributed by atoms with E-state index in [2.05, 4.69) is 5.10 Å². The summed E-state index contributed by atoms with van der Waals surface area (Å²) in [6.07, 6.45) is 2.26. The number of aryl methyl sites for hydroxylation is 2. The first-order valence-electron chi connectivity index (χ1n) is 6.07. The number of anilines is 1. The normalized spacial score (nSPS) is 10.9. The molecule has 1 aromatic heterocycles. The zero-order valence-corrected chi connectivity index (χ0v) is 11.0. The zero-order chi connectivity index (χ0) is 13.0. The van der Waals surface area contributed by atoms with Crippen molar-refractivity contribution >= 4 is 11.7 Å². The molecule has 0 unspecified atom stereocenters. The molecule has 96 valence electrons. The van der Waals surface area contributed by atoms with Gasteiger partial charge < -0.3 is 10.5 Å². The van der Waals surface area contributed by atoms with Crippen LogP contribution in [0.25, 0.3) is 0 Å². The predicted octanol–water partition coefficient (Wildman–Crippen LogP) is 1.91. The van der Waals surface area contributed by atoms with Crippen LogP contribution in [-0.2, 0) is 18.2 Å². The van der Waals surface area contributed by atoms with Gasteiger partial charge in [0, 0.05) is 7.05 Å². The minimum Gasteiger partial charge on any atom is -0.458 e. The standard InChI is InChI=1S/C12H21N3O2/c1-5-8(6-2)17-12(16)11-10(13)9(7-3)14-15(11)4/h8H,5-7,13H2,1-4H3. The lowest BCUT2D eigenvalue weighted by Crippen LogP contribution is -2.19. The first-order valence-corrected chi connectivity index (χ1v) is 6.07. The third kappa shape index (κ3) is 2.78. The minimum atomic E-state index is -0.383. The SMILES string of the molecule is CCc1nn(C)c(C(=O)OC(CC)CC)c1N. The average molecular weight is 239 g/mol. The maximum atomic E-state index is 12.0. The number of carbonyl (C=O) groups is 1. The second kappa shape index (κ2) is 5.70. The lowest BCUT2D eigenvalue weighted by molar-refractivity contribution is 0.0273. The van der Waals surface area contributed by atoms with Crippen molar-refractivity contribution in [1.29, 1.82) is 0 Å². The summed E-state index contributed by atoms with van der Waals surface area (Å²) in [7, 11) is 1.71. The summed E-state index contributed by atoms with van der Waals surface area (Å²) in [5, 5.41) is 4.20. The van der Waals surface area contributed by atoms with Gasteiger partial charge in [-0.05, 0) is 19.3 Å². The van der Waals surface area contributed by atoms with Crippen molar-refractivity contribution in [3.05, 3.63) is 11.4 Å². The summed E-state index contributed by atoms with van der Waals surface area (Å²) in [4.78, 5) is 12.0. The fraction of sp³-hybridized carbons (Fsp3) is 0.667. The molecular weight excluding hydrogens is 218 g/mol. The van der Waals surface area contributed by atoms with Crippen LogP contribution in [0.5, 0.6) is 0 Å². The molecule has 5 heteroatoms. The van der Waals surface area contributed by atoms with E-state index < -0.39 is 0 Å². The number of hydrogen-bond acceptors (Lipinski definition) is 4. The zero-order valence-electron chi connectivity index (χ0n) is 11.0. The first-order chi connectivity index (χ1) is 8.04. The molecular formula is C12H21N3O2. The van der Waals surface area contributed by atoms with E-state index in [-0.39, 0.29) is 12.1 Å². The molecule has 0 saturated carbocycles. The Morgan fingerprint density at radius 1 is 1.41 bits per heavy atom. The fourth-order valence-electron chi connectivity index (χ4n) is 1.76. The topological polar surface area (TPSA) is 70.1 Å². The molecule has 1 rings (SSSR count). The Morgan fingerprint density at radius 2 is 2.00 bits per heavy atom. The molecule has 0 radical (unpaired) electrons. The van der Waals surface area contributed by atoms with Gasteiger partial charge in [0.2, 0.25) is 0 Å². The van der Waals surface area contributed by atoms with Crippen LogP contribution < -0.4 is 5.73 Å². The van der Waals surface area contributed by atoms with Crippen LogP contribution in [0.1, 0.15) is 49.8 Å². The third-order valence-corrected chi connectivity index (χ3v) is 2.87. The Labute approximate surface area is 102 Å². The number of nitrogens with two attached hydrogens (primary N) is 1. The Hall–Kier alpha value is -1.52. The van der Waals surface area contributed by atoms with Crippen LogP contribution in [-0.4, -0.2) is 21.9 Å². The van der Waals surface area contributed by atoms with Crippen LogP contribution in [0.3, 0.4) is 0 Å². The number of hydrogen-bond donors (Lipinski definition) is 1. The van der Waals surface area contributed by atoms with Gasteiger partial charge in [-0.3, -0.25) is 4.68 Å². The quantitative estimate of drug-likeness (QED) is 0.797. The van der Waals surface area contributed by atoms with Gasteiger partial charge in [0.25, 0.3) is 0 Å². The van der Waals surface area contributed by atoms with E-state index in [1.54, 1.807) is 7.05 Å². The van der Waals surface area contributed by atoms with Crippen LogP contribution >= 0.6 is 0 Å². The predicted molar refractivity (Wildman–Crippen MR) is 66.8 cm³/mol. The Kier molecular flexibility index (Phi) is 4.54. The lowest BCUT2D eigenvalue weighted by Gasteiger charge is -2.14. The van der Waals surface area contributed by atoms with Gasteiger partial charge in [-0.25, -0.2) is 4.79 Å². The maximum Gasteiger partial charge on any atom is 0.359 e. The molecule has 0 aromatic carbocycles. The van der Waals surface area contributed by atoms with Crippen LogP contribution in [0.2, 0.25) is 0 Å². The molecule has 0 spiro atoms. The van der Waals surface area contributed by atoms with E-state index >= 15 is 0 Å². The highest BCUT2D eigenvalue weighted by Gasteiger charge is 2.22. The summed E-state index contributed by atoms with van der Waals surface area (Å²) in [5.74, 6) is -0.383. The lowest BCUT2D eigenvalue weighted by atomic mass is 10.2. The molecule has 0 bridgehead atoms. The number of rotatable bonds is 5. The van der Waals surface area contributed by atoms with Gasteiger partial charge in [0.1, 0.15) is 6.10 Å². The van der Waals surface area contributed by atoms with Crippen molar-refractivity contribution in [2.24, 2.45) is 7.05 Å². The molecule has 17 heavy (non-hydrogen) atoms. The van der Waals surface area contributed by atoms with E-state index in [0.717, 1.165) is 18.5 Å². The van der Waals surface area contributed by atoms with Gasteiger partial charge in [-0.2, -0.15) is 5.10 Å². The smallest absolute Gasteiger partial charge is 0.359 e. The molecule has 1 aromatic rings. The summed E-state index contributed by atoms with van der Waals surface area (Å²) < 4.78 is 6.87. The third-order valence-electron chi connectivity index (χ3n) is 2.87. The van der Waals surface area contributed by atoms with Crippen molar-refractivity contribution < 1.29 is 9.53 Å². The Morgan fingerprint density at radius 3 is 2.41 bits per heavy atom. The number of carbonyl (C=O) groups excluding carboxylic acids is 1. The highest BCUT2D eigenvalue weighted by Crippen LogP contribution is 2.19. The van der Waals surface area contributed by atoms with Crippen molar-refractivity contribution in [1.82, 2.24) is 9.78 Å².